The van der Waals surface area contributed by atoms with Gasteiger partial charge in [0, 0.05) is 13.0 Å². The third-order valence-corrected chi connectivity index (χ3v) is 4.90. The molecule has 1 heterocycles. The van der Waals surface area contributed by atoms with Crippen LogP contribution in [0.5, 0.6) is 0 Å². The zero-order valence-corrected chi connectivity index (χ0v) is 11.8. The van der Waals surface area contributed by atoms with E-state index in [1.165, 1.54) is 19.3 Å². The smallest absolute Gasteiger partial charge is 0.175 e. The van der Waals surface area contributed by atoms with Crippen LogP contribution < -0.4 is 5.32 Å². The maximum absolute atomic E-state index is 4.15. The molecule has 1 aromatic heterocycles. The van der Waals surface area contributed by atoms with E-state index >= 15 is 0 Å². The first-order valence-electron chi connectivity index (χ1n) is 7.40. The highest BCUT2D eigenvalue weighted by Crippen LogP contribution is 2.59. The van der Waals surface area contributed by atoms with E-state index < -0.39 is 0 Å². The summed E-state index contributed by atoms with van der Waals surface area (Å²) in [4.78, 5) is 0. The quantitative estimate of drug-likeness (QED) is 0.765. The molecular formula is C14H23N5. The molecule has 3 rings (SSSR count). The first-order valence-corrected chi connectivity index (χ1v) is 7.40. The number of fused-ring (bicyclic) bond motifs is 1. The van der Waals surface area contributed by atoms with Crippen molar-refractivity contribution in [2.24, 2.45) is 17.3 Å². The zero-order valence-electron chi connectivity index (χ0n) is 11.8. The average molecular weight is 261 g/mol. The molecule has 1 fully saturated rings. The minimum Gasteiger partial charge on any atom is -0.316 e. The molecule has 1 saturated carbocycles. The van der Waals surface area contributed by atoms with E-state index in [2.05, 4.69) is 45.9 Å². The number of aromatic nitrogens is 4. The number of rotatable bonds is 6. The third kappa shape index (κ3) is 2.20. The highest BCUT2D eigenvalue weighted by atomic mass is 15.5. The molecule has 5 nitrogen and oxygen atoms in total. The monoisotopic (exact) mass is 261 g/mol. The fraction of sp³-hybridized carbons (Fsp3) is 0.786. The Hall–Kier alpha value is -1.23. The Labute approximate surface area is 114 Å². The number of nitrogens with zero attached hydrogens (tertiary/aromatic N) is 3. The predicted octanol–water partition coefficient (Wildman–Crippen LogP) is 1.71. The van der Waals surface area contributed by atoms with E-state index in [1.807, 2.05) is 0 Å². The summed E-state index contributed by atoms with van der Waals surface area (Å²) in [5, 5.41) is 18.1. The topological polar surface area (TPSA) is 66.5 Å². The Kier molecular flexibility index (Phi) is 3.39. The second-order valence-corrected chi connectivity index (χ2v) is 6.02. The molecule has 2 N–H and O–H groups in total. The van der Waals surface area contributed by atoms with Crippen molar-refractivity contribution in [1.29, 1.82) is 0 Å². The molecule has 104 valence electrons. The Morgan fingerprint density at radius 2 is 2.37 bits per heavy atom. The molecule has 0 radical (unpaired) electrons. The van der Waals surface area contributed by atoms with Crippen molar-refractivity contribution in [3.05, 3.63) is 17.5 Å². The highest BCUT2D eigenvalue weighted by molar-refractivity contribution is 5.24. The molecular weight excluding hydrogens is 238 g/mol. The van der Waals surface area contributed by atoms with Crippen molar-refractivity contribution < 1.29 is 0 Å². The van der Waals surface area contributed by atoms with Gasteiger partial charge in [0.1, 0.15) is 0 Å². The lowest BCUT2D eigenvalue weighted by Gasteiger charge is -2.52. The van der Waals surface area contributed by atoms with Crippen LogP contribution in [0.3, 0.4) is 0 Å². The van der Waals surface area contributed by atoms with Crippen molar-refractivity contribution in [3.8, 4) is 0 Å². The molecule has 1 aromatic rings. The SMILES string of the molecule is CCNCC1(Cc2nn[nH]n2)CC2CC(CC)=CC21. The number of allylic oxidation sites excluding steroid dienone is 2. The van der Waals surface area contributed by atoms with Gasteiger partial charge >= 0.3 is 0 Å². The maximum Gasteiger partial charge on any atom is 0.175 e. The van der Waals surface area contributed by atoms with Crippen LogP contribution >= 0.6 is 0 Å². The molecule has 5 heteroatoms. The molecule has 0 saturated heterocycles. The normalized spacial score (nSPS) is 32.8. The van der Waals surface area contributed by atoms with Gasteiger partial charge in [-0.3, -0.25) is 0 Å². The molecule has 3 atom stereocenters. The van der Waals surface area contributed by atoms with Gasteiger partial charge in [-0.1, -0.05) is 30.7 Å². The van der Waals surface area contributed by atoms with Crippen molar-refractivity contribution >= 4 is 0 Å². The second kappa shape index (κ2) is 5.04. The van der Waals surface area contributed by atoms with Gasteiger partial charge in [-0.2, -0.15) is 5.21 Å². The number of hydrogen-bond acceptors (Lipinski definition) is 4. The first-order chi connectivity index (χ1) is 9.27. The lowest BCUT2D eigenvalue weighted by molar-refractivity contribution is -0.000337. The number of nitrogens with one attached hydrogen (secondary N) is 2. The molecule has 19 heavy (non-hydrogen) atoms. The molecule has 0 aromatic carbocycles. The Bertz CT molecular complexity index is 452. The summed E-state index contributed by atoms with van der Waals surface area (Å²) in [7, 11) is 0. The van der Waals surface area contributed by atoms with Crippen LogP contribution in [0.2, 0.25) is 0 Å². The number of tetrazole rings is 1. The van der Waals surface area contributed by atoms with E-state index in [0.717, 1.165) is 31.3 Å². The lowest BCUT2D eigenvalue weighted by Crippen LogP contribution is -2.52. The molecule has 0 aliphatic heterocycles. The van der Waals surface area contributed by atoms with Crippen LogP contribution in [-0.4, -0.2) is 33.7 Å². The van der Waals surface area contributed by atoms with Gasteiger partial charge in [-0.05, 0) is 43.1 Å². The van der Waals surface area contributed by atoms with Crippen molar-refractivity contribution in [2.45, 2.75) is 39.5 Å². The zero-order chi connectivity index (χ0) is 13.3. The van der Waals surface area contributed by atoms with Crippen molar-refractivity contribution in [2.75, 3.05) is 13.1 Å². The standard InChI is InChI=1S/C14H23N5/c1-3-10-5-11-7-14(9-15-4-2,12(11)6-10)8-13-16-18-19-17-13/h6,11-12,15H,3-5,7-9H2,1-2H3,(H,16,17,18,19). The van der Waals surface area contributed by atoms with Gasteiger partial charge in [0.2, 0.25) is 0 Å². The van der Waals surface area contributed by atoms with E-state index in [4.69, 9.17) is 0 Å². The Balaban J connectivity index is 1.77. The van der Waals surface area contributed by atoms with Gasteiger partial charge in [-0.15, -0.1) is 10.2 Å². The number of aromatic amines is 1. The number of H-pyrrole nitrogens is 1. The van der Waals surface area contributed by atoms with Crippen LogP contribution in [-0.2, 0) is 6.42 Å². The summed E-state index contributed by atoms with van der Waals surface area (Å²) in [6.45, 7) is 6.52. The molecule has 0 spiro atoms. The van der Waals surface area contributed by atoms with Gasteiger partial charge in [0.15, 0.2) is 5.82 Å². The van der Waals surface area contributed by atoms with Crippen LogP contribution in [0, 0.1) is 17.3 Å². The largest absolute Gasteiger partial charge is 0.316 e. The van der Waals surface area contributed by atoms with Crippen LogP contribution in [0.15, 0.2) is 11.6 Å². The maximum atomic E-state index is 4.15. The fourth-order valence-corrected chi connectivity index (χ4v) is 3.95. The van der Waals surface area contributed by atoms with Crippen molar-refractivity contribution in [1.82, 2.24) is 25.9 Å². The first kappa shape index (κ1) is 12.8. The molecule has 3 unspecified atom stereocenters. The predicted molar refractivity (Wildman–Crippen MR) is 73.4 cm³/mol. The van der Waals surface area contributed by atoms with Gasteiger partial charge in [0.25, 0.3) is 0 Å². The molecule has 2 aliphatic carbocycles. The number of hydrogen-bond donors (Lipinski definition) is 2. The van der Waals surface area contributed by atoms with Crippen molar-refractivity contribution in [3.63, 3.8) is 0 Å². The minimum absolute atomic E-state index is 0.307. The second-order valence-electron chi connectivity index (χ2n) is 6.02. The third-order valence-electron chi connectivity index (χ3n) is 4.90. The molecule has 2 aliphatic rings. The summed E-state index contributed by atoms with van der Waals surface area (Å²) < 4.78 is 0. The lowest BCUT2D eigenvalue weighted by atomic mass is 9.53. The van der Waals surface area contributed by atoms with Crippen LogP contribution in [0.1, 0.15) is 38.9 Å². The van der Waals surface area contributed by atoms with Crippen LogP contribution in [0.25, 0.3) is 0 Å². The molecule has 0 amide bonds. The van der Waals surface area contributed by atoms with E-state index in [0.29, 0.717) is 11.3 Å². The van der Waals surface area contributed by atoms with E-state index in [1.54, 1.807) is 5.57 Å². The summed E-state index contributed by atoms with van der Waals surface area (Å²) in [6.07, 6.45) is 7.27. The molecule has 0 bridgehead atoms. The van der Waals surface area contributed by atoms with Gasteiger partial charge in [0.05, 0.1) is 0 Å². The summed E-state index contributed by atoms with van der Waals surface area (Å²) >= 11 is 0. The fourth-order valence-electron chi connectivity index (χ4n) is 3.95. The average Bonchev–Trinajstić information content (AvgIpc) is 3.02. The van der Waals surface area contributed by atoms with E-state index in [9.17, 15) is 0 Å². The van der Waals surface area contributed by atoms with Gasteiger partial charge < -0.3 is 5.32 Å². The van der Waals surface area contributed by atoms with Crippen LogP contribution in [0.4, 0.5) is 0 Å². The Morgan fingerprint density at radius 1 is 1.47 bits per heavy atom. The van der Waals surface area contributed by atoms with Gasteiger partial charge in [-0.25, -0.2) is 0 Å². The summed E-state index contributed by atoms with van der Waals surface area (Å²) in [5.41, 5.74) is 1.95. The van der Waals surface area contributed by atoms with E-state index in [-0.39, 0.29) is 0 Å². The Morgan fingerprint density at radius 3 is 3.05 bits per heavy atom. The minimum atomic E-state index is 0.307. The summed E-state index contributed by atoms with van der Waals surface area (Å²) in [6, 6.07) is 0. The highest BCUT2D eigenvalue weighted by Gasteiger charge is 2.54. The summed E-state index contributed by atoms with van der Waals surface area (Å²) in [5.74, 6) is 2.43.